The number of aryl methyl sites for hydroxylation is 1. The highest BCUT2D eigenvalue weighted by atomic mass is 14.1. The molecule has 0 amide bonds. The first-order chi connectivity index (χ1) is 17.2. The Morgan fingerprint density at radius 3 is 1.51 bits per heavy atom. The molecule has 0 heteroatoms. The highest BCUT2D eigenvalue weighted by Gasteiger charge is 2.07. The summed E-state index contributed by atoms with van der Waals surface area (Å²) in [5.74, 6) is 0. The Kier molecular flexibility index (Phi) is 16.3. The molecule has 0 aliphatic rings. The van der Waals surface area contributed by atoms with Crippen LogP contribution < -0.4 is 0 Å². The topological polar surface area (TPSA) is 0 Å². The van der Waals surface area contributed by atoms with Crippen LogP contribution >= 0.6 is 0 Å². The molecule has 0 N–H and O–H groups in total. The minimum absolute atomic E-state index is 1.04. The van der Waals surface area contributed by atoms with E-state index in [9.17, 15) is 0 Å². The fourth-order valence-corrected chi connectivity index (χ4v) is 5.23. The SMILES string of the molecule is CCCCCCCCCCCCCCCCCCc1ccccc1C(C)=C(C)Cc1ccccc1. The molecule has 0 bridgehead atoms. The molecule has 0 nitrogen and oxygen atoms in total. The molecule has 2 aromatic rings. The molecule has 2 rings (SSSR count). The summed E-state index contributed by atoms with van der Waals surface area (Å²) >= 11 is 0. The molecular formula is C35H54. The number of unbranched alkanes of at least 4 members (excludes halogenated alkanes) is 15. The van der Waals surface area contributed by atoms with E-state index < -0.39 is 0 Å². The maximum absolute atomic E-state index is 2.35. The van der Waals surface area contributed by atoms with Crippen LogP contribution in [0, 0.1) is 0 Å². The molecule has 0 aliphatic carbocycles. The molecule has 0 aromatic heterocycles. The molecule has 0 radical (unpaired) electrons. The van der Waals surface area contributed by atoms with E-state index in [1.165, 1.54) is 137 Å². The minimum Gasteiger partial charge on any atom is -0.0654 e. The molecule has 0 fully saturated rings. The lowest BCUT2D eigenvalue weighted by molar-refractivity contribution is 0.529. The number of allylic oxidation sites excluding steroid dienone is 2. The van der Waals surface area contributed by atoms with E-state index in [2.05, 4.69) is 75.4 Å². The van der Waals surface area contributed by atoms with Gasteiger partial charge in [-0.15, -0.1) is 0 Å². The molecular weight excluding hydrogens is 420 g/mol. The third kappa shape index (κ3) is 13.2. The maximum Gasteiger partial charge on any atom is -0.00639 e. The van der Waals surface area contributed by atoms with Crippen LogP contribution in [0.2, 0.25) is 0 Å². The second kappa shape index (κ2) is 19.4. The van der Waals surface area contributed by atoms with E-state index in [0.717, 1.165) is 6.42 Å². The predicted octanol–water partition coefficient (Wildman–Crippen LogP) is 11.5. The molecule has 0 unspecified atom stereocenters. The Morgan fingerprint density at radius 2 is 0.971 bits per heavy atom. The maximum atomic E-state index is 2.35. The van der Waals surface area contributed by atoms with Crippen molar-refractivity contribution < 1.29 is 0 Å². The van der Waals surface area contributed by atoms with Gasteiger partial charge in [0.25, 0.3) is 0 Å². The quantitative estimate of drug-likeness (QED) is 0.167. The van der Waals surface area contributed by atoms with Gasteiger partial charge in [0, 0.05) is 0 Å². The fraction of sp³-hybridized carbons (Fsp3) is 0.600. The summed E-state index contributed by atoms with van der Waals surface area (Å²) in [6, 6.07) is 19.9. The Labute approximate surface area is 218 Å². The molecule has 0 heterocycles. The second-order valence-corrected chi connectivity index (χ2v) is 10.8. The van der Waals surface area contributed by atoms with Crippen molar-refractivity contribution in [3.05, 3.63) is 76.9 Å². The van der Waals surface area contributed by atoms with Crippen molar-refractivity contribution in [1.29, 1.82) is 0 Å². The van der Waals surface area contributed by atoms with Crippen molar-refractivity contribution in [2.45, 2.75) is 136 Å². The van der Waals surface area contributed by atoms with Crippen molar-refractivity contribution in [3.8, 4) is 0 Å². The predicted molar refractivity (Wildman–Crippen MR) is 158 cm³/mol. The molecule has 35 heavy (non-hydrogen) atoms. The lowest BCUT2D eigenvalue weighted by atomic mass is 9.92. The Balaban J connectivity index is 1.55. The first kappa shape index (κ1) is 29.4. The van der Waals surface area contributed by atoms with E-state index in [4.69, 9.17) is 0 Å². The van der Waals surface area contributed by atoms with Gasteiger partial charge in [-0.3, -0.25) is 0 Å². The van der Waals surface area contributed by atoms with Gasteiger partial charge in [0.1, 0.15) is 0 Å². The first-order valence-corrected chi connectivity index (χ1v) is 15.0. The molecule has 0 atom stereocenters. The van der Waals surface area contributed by atoms with Gasteiger partial charge in [0.05, 0.1) is 0 Å². The van der Waals surface area contributed by atoms with Crippen molar-refractivity contribution in [1.82, 2.24) is 0 Å². The Morgan fingerprint density at radius 1 is 0.514 bits per heavy atom. The lowest BCUT2D eigenvalue weighted by Gasteiger charge is -2.14. The first-order valence-electron chi connectivity index (χ1n) is 15.0. The summed E-state index contributed by atoms with van der Waals surface area (Å²) in [6.07, 6.45) is 25.1. The monoisotopic (exact) mass is 474 g/mol. The van der Waals surface area contributed by atoms with Crippen molar-refractivity contribution >= 4 is 5.57 Å². The average Bonchev–Trinajstić information content (AvgIpc) is 2.89. The minimum atomic E-state index is 1.04. The number of benzene rings is 2. The molecule has 0 aliphatic heterocycles. The van der Waals surface area contributed by atoms with Crippen LogP contribution in [0.1, 0.15) is 140 Å². The zero-order chi connectivity index (χ0) is 25.0. The van der Waals surface area contributed by atoms with E-state index in [-0.39, 0.29) is 0 Å². The van der Waals surface area contributed by atoms with Gasteiger partial charge in [-0.2, -0.15) is 0 Å². The van der Waals surface area contributed by atoms with Gasteiger partial charge >= 0.3 is 0 Å². The number of hydrogen-bond donors (Lipinski definition) is 0. The third-order valence-electron chi connectivity index (χ3n) is 7.67. The normalized spacial score (nSPS) is 12.1. The largest absolute Gasteiger partial charge is 0.0654 e. The van der Waals surface area contributed by atoms with Gasteiger partial charge in [-0.1, -0.05) is 163 Å². The van der Waals surface area contributed by atoms with Crippen molar-refractivity contribution in [2.75, 3.05) is 0 Å². The molecule has 2 aromatic carbocycles. The lowest BCUT2D eigenvalue weighted by Crippen LogP contribution is -1.96. The van der Waals surface area contributed by atoms with Crippen LogP contribution in [-0.4, -0.2) is 0 Å². The summed E-state index contributed by atoms with van der Waals surface area (Å²) in [6.45, 7) is 6.91. The Hall–Kier alpha value is -1.82. The Bertz CT molecular complexity index is 798. The second-order valence-electron chi connectivity index (χ2n) is 10.8. The van der Waals surface area contributed by atoms with E-state index >= 15 is 0 Å². The molecule has 194 valence electrons. The van der Waals surface area contributed by atoms with E-state index in [1.54, 1.807) is 0 Å². The zero-order valence-corrected chi connectivity index (χ0v) is 23.4. The highest BCUT2D eigenvalue weighted by molar-refractivity contribution is 5.69. The van der Waals surface area contributed by atoms with Crippen molar-refractivity contribution in [2.24, 2.45) is 0 Å². The van der Waals surface area contributed by atoms with E-state index in [1.807, 2.05) is 0 Å². The summed E-state index contributed by atoms with van der Waals surface area (Å²) in [5.41, 5.74) is 7.33. The van der Waals surface area contributed by atoms with Gasteiger partial charge in [-0.05, 0) is 55.4 Å². The smallest absolute Gasteiger partial charge is 0.00639 e. The van der Waals surface area contributed by atoms with Crippen LogP contribution in [-0.2, 0) is 12.8 Å². The highest BCUT2D eigenvalue weighted by Crippen LogP contribution is 2.26. The molecule has 0 saturated heterocycles. The van der Waals surface area contributed by atoms with Crippen LogP contribution in [0.5, 0.6) is 0 Å². The summed E-state index contributed by atoms with van der Waals surface area (Å²) in [4.78, 5) is 0. The van der Waals surface area contributed by atoms with Gasteiger partial charge in [0.2, 0.25) is 0 Å². The van der Waals surface area contributed by atoms with Gasteiger partial charge in [0.15, 0.2) is 0 Å². The van der Waals surface area contributed by atoms with Crippen LogP contribution in [0.15, 0.2) is 60.2 Å². The van der Waals surface area contributed by atoms with Crippen LogP contribution in [0.4, 0.5) is 0 Å². The standard InChI is InChI=1S/C35H54/c1-4-5-6-7-8-9-10-11-12-13-14-15-16-17-18-22-27-34-28-23-24-29-35(34)32(3)31(2)30-33-25-20-19-21-26-33/h19-21,23-26,28-29H,4-18,22,27,30H2,1-3H3. The molecule has 0 spiro atoms. The van der Waals surface area contributed by atoms with Gasteiger partial charge < -0.3 is 0 Å². The average molecular weight is 475 g/mol. The zero-order valence-electron chi connectivity index (χ0n) is 23.4. The third-order valence-corrected chi connectivity index (χ3v) is 7.67. The van der Waals surface area contributed by atoms with Crippen molar-refractivity contribution in [3.63, 3.8) is 0 Å². The van der Waals surface area contributed by atoms with Crippen LogP contribution in [0.25, 0.3) is 5.57 Å². The van der Waals surface area contributed by atoms with Gasteiger partial charge in [-0.25, -0.2) is 0 Å². The number of rotatable bonds is 20. The fourth-order valence-electron chi connectivity index (χ4n) is 5.23. The summed E-state index contributed by atoms with van der Waals surface area (Å²) in [5, 5.41) is 0. The van der Waals surface area contributed by atoms with Crippen LogP contribution in [0.3, 0.4) is 0 Å². The summed E-state index contributed by atoms with van der Waals surface area (Å²) < 4.78 is 0. The number of hydrogen-bond acceptors (Lipinski definition) is 0. The molecule has 0 saturated carbocycles. The summed E-state index contributed by atoms with van der Waals surface area (Å²) in [7, 11) is 0. The van der Waals surface area contributed by atoms with E-state index in [0.29, 0.717) is 0 Å².